The van der Waals surface area contributed by atoms with Gasteiger partial charge in [-0.25, -0.2) is 0 Å². The molecule has 0 aromatic carbocycles. The van der Waals surface area contributed by atoms with Crippen molar-refractivity contribution in [2.45, 2.75) is 103 Å². The summed E-state index contributed by atoms with van der Waals surface area (Å²) >= 11 is 0. The minimum absolute atomic E-state index is 0. The van der Waals surface area contributed by atoms with Crippen molar-refractivity contribution in [1.29, 1.82) is 0 Å². The smallest absolute Gasteiger partial charge is 0.662 e. The van der Waals surface area contributed by atoms with Crippen LogP contribution in [0.5, 0.6) is 0 Å². The first-order valence-electron chi connectivity index (χ1n) is 14.4. The number of fused-ring (bicyclic) bond motifs is 10. The zero-order valence-electron chi connectivity index (χ0n) is 24.0. The third-order valence-electron chi connectivity index (χ3n) is 12.0. The van der Waals surface area contributed by atoms with Crippen LogP contribution in [0.3, 0.4) is 0 Å². The Hall–Kier alpha value is -2.26. The van der Waals surface area contributed by atoms with Crippen molar-refractivity contribution in [3.63, 3.8) is 0 Å². The second-order valence-electron chi connectivity index (χ2n) is 13.7. The molecule has 8 rings (SSSR count). The van der Waals surface area contributed by atoms with E-state index in [9.17, 15) is 0 Å². The van der Waals surface area contributed by atoms with Gasteiger partial charge in [0.2, 0.25) is 0 Å². The van der Waals surface area contributed by atoms with Crippen LogP contribution in [0.25, 0.3) is 11.4 Å². The molecule has 39 heavy (non-hydrogen) atoms. The molecule has 206 valence electrons. The number of hydrogen-bond donors (Lipinski definition) is 0. The average Bonchev–Trinajstić information content (AvgIpc) is 3.70. The van der Waals surface area contributed by atoms with Crippen molar-refractivity contribution in [3.05, 3.63) is 70.9 Å². The van der Waals surface area contributed by atoms with Gasteiger partial charge in [-0.1, -0.05) is 70.5 Å². The average molecular weight is 701 g/mol. The van der Waals surface area contributed by atoms with Crippen molar-refractivity contribution in [2.75, 3.05) is 0 Å². The van der Waals surface area contributed by atoms with Crippen LogP contribution in [0.1, 0.15) is 120 Å². The van der Waals surface area contributed by atoms with Gasteiger partial charge in [-0.2, -0.15) is 6.20 Å². The van der Waals surface area contributed by atoms with E-state index in [4.69, 9.17) is 4.98 Å². The molecule has 5 nitrogen and oxygen atoms in total. The summed E-state index contributed by atoms with van der Waals surface area (Å²) in [6.45, 7) is 14.4. The fraction of sp³-hybridized carbons (Fsp3) is 0.545. The summed E-state index contributed by atoms with van der Waals surface area (Å²) < 4.78 is 0. The topological polar surface area (TPSA) is 66.3 Å². The van der Waals surface area contributed by atoms with Crippen molar-refractivity contribution in [1.82, 2.24) is 20.2 Å². The summed E-state index contributed by atoms with van der Waals surface area (Å²) in [5.41, 5.74) is 11.2. The van der Waals surface area contributed by atoms with Crippen LogP contribution >= 0.6 is 0 Å². The van der Waals surface area contributed by atoms with E-state index in [2.05, 4.69) is 80.1 Å². The second kappa shape index (κ2) is 8.87. The van der Waals surface area contributed by atoms with Gasteiger partial charge < -0.3 is 15.2 Å². The molecule has 4 heterocycles. The summed E-state index contributed by atoms with van der Waals surface area (Å²) in [6, 6.07) is 6.08. The predicted molar refractivity (Wildman–Crippen MR) is 152 cm³/mol. The van der Waals surface area contributed by atoms with Crippen LogP contribution in [0, 0.1) is 10.8 Å². The Morgan fingerprint density at radius 3 is 2.28 bits per heavy atom. The van der Waals surface area contributed by atoms with E-state index in [1.54, 1.807) is 0 Å². The van der Waals surface area contributed by atoms with Gasteiger partial charge in [0.15, 0.2) is 0 Å². The minimum atomic E-state index is 0. The number of aliphatic imine (C=N–C) groups is 1. The van der Waals surface area contributed by atoms with E-state index in [0.29, 0.717) is 28.1 Å². The first-order chi connectivity index (χ1) is 18.1. The van der Waals surface area contributed by atoms with E-state index in [-0.39, 0.29) is 26.5 Å². The molecule has 0 saturated heterocycles. The van der Waals surface area contributed by atoms with Gasteiger partial charge in [-0.05, 0) is 84.3 Å². The van der Waals surface area contributed by atoms with E-state index < -0.39 is 0 Å². The first kappa shape index (κ1) is 26.9. The number of pyridine rings is 1. The summed E-state index contributed by atoms with van der Waals surface area (Å²) in [4.78, 5) is 13.7. The molecule has 2 saturated carbocycles. The quantitative estimate of drug-likeness (QED) is 0.284. The molecule has 0 radical (unpaired) electrons. The molecule has 0 spiro atoms. The van der Waals surface area contributed by atoms with Crippen LogP contribution in [-0.2, 0) is 31.9 Å². The standard InChI is InChI=1S/C17H19N2.C16H20N3.Pt/c1-16(2)11-7-8-17(16,3)12-10-19-15(14(11)12)13-6-4-5-9-18-13;1-15(2)10-7-8-16(15,3)14-12(10)13(18-19-14)11-6-4-5-9-17-11;/h4-6,9-11H,7-8H2,1-3H3;5,9-10H,4,6-8H2,1-3H3;/q2*-1;+2. The Morgan fingerprint density at radius 2 is 1.59 bits per heavy atom. The molecule has 4 aliphatic carbocycles. The molecule has 5 aliphatic rings. The third-order valence-corrected chi connectivity index (χ3v) is 12.0. The van der Waals surface area contributed by atoms with Crippen LogP contribution < -0.4 is 10.1 Å². The van der Waals surface area contributed by atoms with Crippen molar-refractivity contribution < 1.29 is 21.1 Å². The second-order valence-corrected chi connectivity index (χ2v) is 13.7. The van der Waals surface area contributed by atoms with E-state index in [1.807, 2.05) is 24.5 Å². The number of allylic oxidation sites excluding steroid dienone is 1. The SMILES string of the molecule is CC12CCC(c3c1c[n-]c3-c1ccccn1)C2(C)C.CC12CCC(c3c1n[n-]c3C1=NC=CCC1)C2(C)C.[Pt+2]. The number of rotatable bonds is 2. The largest absolute Gasteiger partial charge is 2.00 e. The molecule has 4 bridgehead atoms. The number of aromatic nitrogens is 4. The molecule has 6 heteroatoms. The molecule has 4 atom stereocenters. The summed E-state index contributed by atoms with van der Waals surface area (Å²) in [5, 5.41) is 9.07. The zero-order chi connectivity index (χ0) is 26.5. The fourth-order valence-electron chi connectivity index (χ4n) is 8.76. The normalized spacial score (nSPS) is 31.7. The van der Waals surface area contributed by atoms with Crippen LogP contribution in [0.4, 0.5) is 0 Å². The molecule has 3 aromatic heterocycles. The van der Waals surface area contributed by atoms with Gasteiger partial charge >= 0.3 is 21.1 Å². The van der Waals surface area contributed by atoms with Crippen LogP contribution in [-0.4, -0.2) is 15.8 Å². The molecular weight excluding hydrogens is 661 g/mol. The molecule has 4 unspecified atom stereocenters. The van der Waals surface area contributed by atoms with Crippen molar-refractivity contribution in [3.8, 4) is 11.4 Å². The first-order valence-corrected chi connectivity index (χ1v) is 14.4. The Bertz CT molecular complexity index is 1470. The fourth-order valence-corrected chi connectivity index (χ4v) is 8.76. The summed E-state index contributed by atoms with van der Waals surface area (Å²) in [5.74, 6) is 1.26. The van der Waals surface area contributed by atoms with E-state index in [0.717, 1.165) is 35.6 Å². The van der Waals surface area contributed by atoms with Gasteiger partial charge in [0.05, 0.1) is 0 Å². The monoisotopic (exact) mass is 700 g/mol. The maximum absolute atomic E-state index is 4.70. The molecule has 2 fully saturated rings. The number of hydrogen-bond acceptors (Lipinski definition) is 3. The van der Waals surface area contributed by atoms with Crippen LogP contribution in [0.2, 0.25) is 0 Å². The molecule has 1 aliphatic heterocycles. The molecule has 0 amide bonds. The minimum Gasteiger partial charge on any atom is -0.662 e. The van der Waals surface area contributed by atoms with Gasteiger partial charge in [0, 0.05) is 34.9 Å². The Labute approximate surface area is 247 Å². The molecule has 3 aromatic rings. The molecule has 0 N–H and O–H groups in total. The van der Waals surface area contributed by atoms with Crippen LogP contribution in [0.15, 0.2) is 47.9 Å². The van der Waals surface area contributed by atoms with Crippen molar-refractivity contribution in [2.24, 2.45) is 15.8 Å². The van der Waals surface area contributed by atoms with Gasteiger partial charge in [-0.3, -0.25) is 9.98 Å². The zero-order valence-corrected chi connectivity index (χ0v) is 26.3. The van der Waals surface area contributed by atoms with Crippen molar-refractivity contribution >= 4 is 5.71 Å². The predicted octanol–water partition coefficient (Wildman–Crippen LogP) is 7.19. The summed E-state index contributed by atoms with van der Waals surface area (Å²) in [7, 11) is 0. The third kappa shape index (κ3) is 3.38. The Kier molecular flexibility index (Phi) is 6.12. The van der Waals surface area contributed by atoms with Gasteiger partial charge in [0.25, 0.3) is 0 Å². The Balaban J connectivity index is 0.000000138. The Morgan fingerprint density at radius 1 is 0.872 bits per heavy atom. The van der Waals surface area contributed by atoms with E-state index >= 15 is 0 Å². The van der Waals surface area contributed by atoms with Gasteiger partial charge in [0.1, 0.15) is 0 Å². The molecular formula is C33H39N5Pt. The maximum Gasteiger partial charge on any atom is 2.00 e. The maximum atomic E-state index is 4.70. The summed E-state index contributed by atoms with van der Waals surface area (Å²) in [6.07, 6.45) is 15.2. The van der Waals surface area contributed by atoms with E-state index in [1.165, 1.54) is 48.1 Å². The van der Waals surface area contributed by atoms with Gasteiger partial charge in [-0.15, -0.1) is 5.69 Å². The number of nitrogens with zero attached hydrogens (tertiary/aromatic N) is 5.